The molecule has 1 aromatic rings. The smallest absolute Gasteiger partial charge is 0.341 e. The minimum absolute atomic E-state index is 0.0433. The van der Waals surface area contributed by atoms with Gasteiger partial charge in [0, 0.05) is 11.8 Å². The topological polar surface area (TPSA) is 63.3 Å². The highest BCUT2D eigenvalue weighted by Crippen LogP contribution is 2.30. The van der Waals surface area contributed by atoms with Crippen molar-refractivity contribution in [3.05, 3.63) is 17.0 Å². The quantitative estimate of drug-likeness (QED) is 0.834. The summed E-state index contributed by atoms with van der Waals surface area (Å²) >= 11 is 0. The summed E-state index contributed by atoms with van der Waals surface area (Å²) in [7, 11) is 0. The number of aromatic carboxylic acids is 1. The Labute approximate surface area is 95.6 Å². The van der Waals surface area contributed by atoms with Gasteiger partial charge in [-0.3, -0.25) is 0 Å². The lowest BCUT2D eigenvalue weighted by Gasteiger charge is -2.09. The standard InChI is InChI=1S/C12H19NO3/c1-5-8(6-2)10-9(12(14)15)11(7(3)4)16-13-10/h7-8H,5-6H2,1-4H3,(H,14,15). The summed E-state index contributed by atoms with van der Waals surface area (Å²) in [6, 6.07) is 0. The Morgan fingerprint density at radius 3 is 2.31 bits per heavy atom. The molecule has 0 radical (unpaired) electrons. The number of aromatic nitrogens is 1. The molecule has 0 amide bonds. The summed E-state index contributed by atoms with van der Waals surface area (Å²) in [5, 5.41) is 13.2. The largest absolute Gasteiger partial charge is 0.477 e. The van der Waals surface area contributed by atoms with Crippen molar-refractivity contribution in [2.75, 3.05) is 0 Å². The third-order valence-corrected chi connectivity index (χ3v) is 2.86. The van der Waals surface area contributed by atoms with Crippen molar-refractivity contribution in [2.45, 2.75) is 52.4 Å². The van der Waals surface area contributed by atoms with Crippen molar-refractivity contribution in [1.82, 2.24) is 5.16 Å². The highest BCUT2D eigenvalue weighted by molar-refractivity contribution is 5.90. The van der Waals surface area contributed by atoms with Crippen LogP contribution in [0.3, 0.4) is 0 Å². The van der Waals surface area contributed by atoms with Gasteiger partial charge in [0.05, 0.1) is 0 Å². The van der Waals surface area contributed by atoms with Gasteiger partial charge in [0.2, 0.25) is 0 Å². The zero-order valence-electron chi connectivity index (χ0n) is 10.3. The van der Waals surface area contributed by atoms with Gasteiger partial charge >= 0.3 is 5.97 Å². The van der Waals surface area contributed by atoms with Crippen LogP contribution in [0.1, 0.15) is 74.2 Å². The molecule has 0 atom stereocenters. The molecule has 0 aromatic carbocycles. The molecule has 0 aliphatic rings. The Bertz CT molecular complexity index is 364. The average Bonchev–Trinajstić information content (AvgIpc) is 2.64. The highest BCUT2D eigenvalue weighted by atomic mass is 16.5. The first-order valence-electron chi connectivity index (χ1n) is 5.75. The normalized spacial score (nSPS) is 11.4. The molecular weight excluding hydrogens is 206 g/mol. The minimum atomic E-state index is -0.938. The summed E-state index contributed by atoms with van der Waals surface area (Å²) < 4.78 is 5.17. The second-order valence-corrected chi connectivity index (χ2v) is 4.28. The molecule has 0 fully saturated rings. The number of carboxylic acids is 1. The van der Waals surface area contributed by atoms with Gasteiger partial charge in [0.1, 0.15) is 11.3 Å². The molecule has 0 unspecified atom stereocenters. The maximum Gasteiger partial charge on any atom is 0.341 e. The highest BCUT2D eigenvalue weighted by Gasteiger charge is 2.27. The van der Waals surface area contributed by atoms with E-state index in [9.17, 15) is 9.90 Å². The van der Waals surface area contributed by atoms with Crippen LogP contribution in [-0.2, 0) is 0 Å². The van der Waals surface area contributed by atoms with Crippen LogP contribution in [0.25, 0.3) is 0 Å². The van der Waals surface area contributed by atoms with Crippen LogP contribution in [0.15, 0.2) is 4.52 Å². The van der Waals surface area contributed by atoms with Crippen LogP contribution >= 0.6 is 0 Å². The zero-order chi connectivity index (χ0) is 12.3. The van der Waals surface area contributed by atoms with Gasteiger partial charge < -0.3 is 9.63 Å². The second kappa shape index (κ2) is 5.14. The molecule has 0 bridgehead atoms. The molecule has 4 heteroatoms. The maximum absolute atomic E-state index is 11.2. The SMILES string of the molecule is CCC(CC)c1noc(C(C)C)c1C(=O)O. The summed E-state index contributed by atoms with van der Waals surface area (Å²) in [4.78, 5) is 11.2. The fraction of sp³-hybridized carbons (Fsp3) is 0.667. The van der Waals surface area contributed by atoms with E-state index >= 15 is 0 Å². The first kappa shape index (κ1) is 12.7. The molecule has 0 aliphatic carbocycles. The van der Waals surface area contributed by atoms with Crippen LogP contribution < -0.4 is 0 Å². The molecule has 1 rings (SSSR count). The number of rotatable bonds is 5. The van der Waals surface area contributed by atoms with Crippen molar-refractivity contribution >= 4 is 5.97 Å². The van der Waals surface area contributed by atoms with Crippen LogP contribution in [0.5, 0.6) is 0 Å². The molecule has 0 aliphatic heterocycles. The van der Waals surface area contributed by atoms with Crippen molar-refractivity contribution in [2.24, 2.45) is 0 Å². The fourth-order valence-electron chi connectivity index (χ4n) is 1.88. The van der Waals surface area contributed by atoms with E-state index in [-0.39, 0.29) is 17.4 Å². The van der Waals surface area contributed by atoms with E-state index < -0.39 is 5.97 Å². The molecule has 90 valence electrons. The Morgan fingerprint density at radius 2 is 1.94 bits per heavy atom. The lowest BCUT2D eigenvalue weighted by Crippen LogP contribution is -2.07. The number of hydrogen-bond donors (Lipinski definition) is 1. The molecule has 0 saturated carbocycles. The van der Waals surface area contributed by atoms with E-state index in [2.05, 4.69) is 5.16 Å². The van der Waals surface area contributed by atoms with E-state index in [0.717, 1.165) is 12.8 Å². The molecular formula is C12H19NO3. The lowest BCUT2D eigenvalue weighted by atomic mass is 9.93. The van der Waals surface area contributed by atoms with E-state index in [0.29, 0.717) is 11.5 Å². The molecule has 0 saturated heterocycles. The Hall–Kier alpha value is -1.32. The van der Waals surface area contributed by atoms with E-state index in [4.69, 9.17) is 4.52 Å². The molecule has 16 heavy (non-hydrogen) atoms. The van der Waals surface area contributed by atoms with Crippen molar-refractivity contribution in [3.8, 4) is 0 Å². The number of carbonyl (C=O) groups is 1. The Morgan fingerprint density at radius 1 is 1.38 bits per heavy atom. The second-order valence-electron chi connectivity index (χ2n) is 4.28. The van der Waals surface area contributed by atoms with E-state index in [1.54, 1.807) is 0 Å². The van der Waals surface area contributed by atoms with Gasteiger partial charge in [-0.15, -0.1) is 0 Å². The molecule has 1 heterocycles. The van der Waals surface area contributed by atoms with Gasteiger partial charge in [0.25, 0.3) is 0 Å². The minimum Gasteiger partial charge on any atom is -0.477 e. The number of carboxylic acid groups (broad SMARTS) is 1. The summed E-state index contributed by atoms with van der Waals surface area (Å²) in [6.07, 6.45) is 1.75. The van der Waals surface area contributed by atoms with E-state index in [1.165, 1.54) is 0 Å². The van der Waals surface area contributed by atoms with Gasteiger partial charge in [-0.05, 0) is 12.8 Å². The summed E-state index contributed by atoms with van der Waals surface area (Å²) in [5.74, 6) is -0.245. The van der Waals surface area contributed by atoms with Gasteiger partial charge in [-0.25, -0.2) is 4.79 Å². The van der Waals surface area contributed by atoms with Crippen molar-refractivity contribution in [3.63, 3.8) is 0 Å². The predicted molar refractivity (Wildman–Crippen MR) is 60.9 cm³/mol. The van der Waals surface area contributed by atoms with Crippen molar-refractivity contribution in [1.29, 1.82) is 0 Å². The van der Waals surface area contributed by atoms with Crippen LogP contribution in [0.2, 0.25) is 0 Å². The first-order chi connectivity index (χ1) is 7.52. The molecule has 0 spiro atoms. The van der Waals surface area contributed by atoms with Gasteiger partial charge in [-0.1, -0.05) is 32.9 Å². The monoisotopic (exact) mass is 225 g/mol. The average molecular weight is 225 g/mol. The van der Waals surface area contributed by atoms with Crippen LogP contribution in [0.4, 0.5) is 0 Å². The third-order valence-electron chi connectivity index (χ3n) is 2.86. The number of hydrogen-bond acceptors (Lipinski definition) is 3. The van der Waals surface area contributed by atoms with Crippen LogP contribution in [-0.4, -0.2) is 16.2 Å². The van der Waals surface area contributed by atoms with Gasteiger partial charge in [-0.2, -0.15) is 0 Å². The zero-order valence-corrected chi connectivity index (χ0v) is 10.3. The lowest BCUT2D eigenvalue weighted by molar-refractivity contribution is 0.0692. The Balaban J connectivity index is 3.24. The summed E-state index contributed by atoms with van der Waals surface area (Å²) in [6.45, 7) is 7.88. The molecule has 1 N–H and O–H groups in total. The molecule has 4 nitrogen and oxygen atoms in total. The molecule has 1 aromatic heterocycles. The predicted octanol–water partition coefficient (Wildman–Crippen LogP) is 3.40. The van der Waals surface area contributed by atoms with Crippen molar-refractivity contribution < 1.29 is 14.4 Å². The third kappa shape index (κ3) is 2.26. The van der Waals surface area contributed by atoms with Crippen LogP contribution in [0, 0.1) is 0 Å². The Kier molecular flexibility index (Phi) is 4.10. The fourth-order valence-corrected chi connectivity index (χ4v) is 1.88. The first-order valence-corrected chi connectivity index (χ1v) is 5.75. The van der Waals surface area contributed by atoms with Gasteiger partial charge in [0.15, 0.2) is 5.76 Å². The maximum atomic E-state index is 11.2. The summed E-state index contributed by atoms with van der Waals surface area (Å²) in [5.41, 5.74) is 0.866. The van der Waals surface area contributed by atoms with E-state index in [1.807, 2.05) is 27.7 Å². The number of nitrogens with zero attached hydrogens (tertiary/aromatic N) is 1.